The molecule has 0 unspecified atom stereocenters. The Morgan fingerprint density at radius 3 is 2.65 bits per heavy atom. The monoisotopic (exact) mass is 277 g/mol. The lowest BCUT2D eigenvalue weighted by molar-refractivity contribution is 0.414. The molecule has 2 N–H and O–H groups in total. The molecule has 1 aromatic rings. The fourth-order valence-corrected chi connectivity index (χ4v) is 1.85. The molecule has 0 aromatic heterocycles. The summed E-state index contributed by atoms with van der Waals surface area (Å²) in [5, 5.41) is 6.65. The van der Waals surface area contributed by atoms with Crippen LogP contribution in [0.3, 0.4) is 0 Å². The van der Waals surface area contributed by atoms with Gasteiger partial charge in [0.15, 0.2) is 5.96 Å². The van der Waals surface area contributed by atoms with Crippen LogP contribution in [0.1, 0.15) is 25.8 Å². The Morgan fingerprint density at radius 1 is 1.25 bits per heavy atom. The lowest BCUT2D eigenvalue weighted by Crippen LogP contribution is -2.39. The first-order valence-corrected chi connectivity index (χ1v) is 7.23. The molecule has 0 aliphatic heterocycles. The van der Waals surface area contributed by atoms with E-state index >= 15 is 0 Å². The van der Waals surface area contributed by atoms with Crippen LogP contribution < -0.4 is 15.4 Å². The van der Waals surface area contributed by atoms with Gasteiger partial charge in [-0.05, 0) is 36.5 Å². The van der Waals surface area contributed by atoms with Gasteiger partial charge < -0.3 is 15.4 Å². The first-order chi connectivity index (χ1) is 9.65. The zero-order valence-electron chi connectivity index (χ0n) is 13.1. The van der Waals surface area contributed by atoms with Crippen molar-refractivity contribution in [2.24, 2.45) is 10.9 Å². The predicted molar refractivity (Wildman–Crippen MR) is 85.5 cm³/mol. The molecule has 0 heterocycles. The van der Waals surface area contributed by atoms with Crippen LogP contribution in [0, 0.1) is 5.92 Å². The zero-order chi connectivity index (χ0) is 14.8. The van der Waals surface area contributed by atoms with E-state index in [1.165, 1.54) is 5.56 Å². The Balaban J connectivity index is 2.30. The average Bonchev–Trinajstić information content (AvgIpc) is 2.45. The van der Waals surface area contributed by atoms with Crippen molar-refractivity contribution in [3.8, 4) is 5.75 Å². The molecule has 0 aliphatic rings. The summed E-state index contributed by atoms with van der Waals surface area (Å²) < 4.78 is 5.22. The van der Waals surface area contributed by atoms with Crippen molar-refractivity contribution in [2.45, 2.75) is 26.7 Å². The SMILES string of the molecule is CN=C(NCCc1cccc(OC)c1)NCCC(C)C. The molecular weight excluding hydrogens is 250 g/mol. The Bertz CT molecular complexity index is 416. The van der Waals surface area contributed by atoms with Crippen molar-refractivity contribution in [1.29, 1.82) is 0 Å². The lowest BCUT2D eigenvalue weighted by Gasteiger charge is -2.13. The third-order valence-electron chi connectivity index (χ3n) is 3.08. The van der Waals surface area contributed by atoms with Crippen LogP contribution in [0.15, 0.2) is 29.3 Å². The van der Waals surface area contributed by atoms with Gasteiger partial charge in [0.25, 0.3) is 0 Å². The minimum Gasteiger partial charge on any atom is -0.497 e. The van der Waals surface area contributed by atoms with Crippen LogP contribution in [0.4, 0.5) is 0 Å². The fourth-order valence-electron chi connectivity index (χ4n) is 1.85. The van der Waals surface area contributed by atoms with E-state index in [0.717, 1.165) is 37.6 Å². The van der Waals surface area contributed by atoms with Crippen molar-refractivity contribution < 1.29 is 4.74 Å². The van der Waals surface area contributed by atoms with E-state index in [1.807, 2.05) is 12.1 Å². The van der Waals surface area contributed by atoms with E-state index in [9.17, 15) is 0 Å². The molecule has 0 atom stereocenters. The van der Waals surface area contributed by atoms with Gasteiger partial charge in [0.1, 0.15) is 5.75 Å². The second-order valence-corrected chi connectivity index (χ2v) is 5.21. The number of hydrogen-bond acceptors (Lipinski definition) is 2. The summed E-state index contributed by atoms with van der Waals surface area (Å²) in [5.41, 5.74) is 1.26. The van der Waals surface area contributed by atoms with E-state index < -0.39 is 0 Å². The average molecular weight is 277 g/mol. The molecule has 20 heavy (non-hydrogen) atoms. The number of rotatable bonds is 7. The maximum Gasteiger partial charge on any atom is 0.190 e. The quantitative estimate of drug-likeness (QED) is 0.594. The van der Waals surface area contributed by atoms with E-state index in [1.54, 1.807) is 14.2 Å². The van der Waals surface area contributed by atoms with E-state index in [4.69, 9.17) is 4.74 Å². The summed E-state index contributed by atoms with van der Waals surface area (Å²) in [6.45, 7) is 6.26. The van der Waals surface area contributed by atoms with Gasteiger partial charge in [0, 0.05) is 20.1 Å². The first-order valence-electron chi connectivity index (χ1n) is 7.23. The number of aliphatic imine (C=N–C) groups is 1. The molecule has 0 aliphatic carbocycles. The lowest BCUT2D eigenvalue weighted by atomic mass is 10.1. The van der Waals surface area contributed by atoms with Crippen LogP contribution in [0.25, 0.3) is 0 Å². The topological polar surface area (TPSA) is 45.7 Å². The Labute approximate surface area is 122 Å². The summed E-state index contributed by atoms with van der Waals surface area (Å²) in [6, 6.07) is 8.16. The van der Waals surface area contributed by atoms with Crippen LogP contribution in [-0.2, 0) is 6.42 Å². The van der Waals surface area contributed by atoms with Crippen molar-refractivity contribution >= 4 is 5.96 Å². The molecule has 4 nitrogen and oxygen atoms in total. The molecule has 0 radical (unpaired) electrons. The highest BCUT2D eigenvalue weighted by molar-refractivity contribution is 5.79. The van der Waals surface area contributed by atoms with Crippen molar-refractivity contribution in [3.63, 3.8) is 0 Å². The van der Waals surface area contributed by atoms with Gasteiger partial charge in [0.2, 0.25) is 0 Å². The van der Waals surface area contributed by atoms with Crippen LogP contribution in [0.2, 0.25) is 0 Å². The molecule has 0 amide bonds. The van der Waals surface area contributed by atoms with Gasteiger partial charge in [-0.25, -0.2) is 0 Å². The van der Waals surface area contributed by atoms with Gasteiger partial charge in [0.05, 0.1) is 7.11 Å². The van der Waals surface area contributed by atoms with Crippen molar-refractivity contribution in [2.75, 3.05) is 27.2 Å². The summed E-state index contributed by atoms with van der Waals surface area (Å²) in [4.78, 5) is 4.22. The maximum atomic E-state index is 5.22. The molecular formula is C16H27N3O. The number of benzene rings is 1. The van der Waals surface area contributed by atoms with Gasteiger partial charge in [-0.3, -0.25) is 4.99 Å². The van der Waals surface area contributed by atoms with Crippen LogP contribution in [-0.4, -0.2) is 33.2 Å². The number of methoxy groups -OCH3 is 1. The highest BCUT2D eigenvalue weighted by Crippen LogP contribution is 2.12. The van der Waals surface area contributed by atoms with Gasteiger partial charge in [-0.15, -0.1) is 0 Å². The number of nitrogens with one attached hydrogen (secondary N) is 2. The first kappa shape index (κ1) is 16.3. The Morgan fingerprint density at radius 2 is 2.00 bits per heavy atom. The van der Waals surface area contributed by atoms with Crippen molar-refractivity contribution in [1.82, 2.24) is 10.6 Å². The number of ether oxygens (including phenoxy) is 1. The summed E-state index contributed by atoms with van der Waals surface area (Å²) in [5.74, 6) is 2.48. The molecule has 112 valence electrons. The van der Waals surface area contributed by atoms with Gasteiger partial charge in [-0.1, -0.05) is 26.0 Å². The summed E-state index contributed by atoms with van der Waals surface area (Å²) >= 11 is 0. The summed E-state index contributed by atoms with van der Waals surface area (Å²) in [6.07, 6.45) is 2.10. The Kier molecular flexibility index (Phi) is 7.55. The number of hydrogen-bond donors (Lipinski definition) is 2. The third-order valence-corrected chi connectivity index (χ3v) is 3.08. The molecule has 0 fully saturated rings. The van der Waals surface area contributed by atoms with Gasteiger partial charge >= 0.3 is 0 Å². The molecule has 1 aromatic carbocycles. The van der Waals surface area contributed by atoms with Crippen LogP contribution in [0.5, 0.6) is 5.75 Å². The fraction of sp³-hybridized carbons (Fsp3) is 0.562. The molecule has 0 saturated carbocycles. The van der Waals surface area contributed by atoms with E-state index in [2.05, 4.69) is 41.6 Å². The molecule has 1 rings (SSSR count). The molecule has 0 spiro atoms. The maximum absolute atomic E-state index is 5.22. The second-order valence-electron chi connectivity index (χ2n) is 5.21. The zero-order valence-corrected chi connectivity index (χ0v) is 13.1. The summed E-state index contributed by atoms with van der Waals surface area (Å²) in [7, 11) is 3.49. The smallest absolute Gasteiger partial charge is 0.190 e. The largest absolute Gasteiger partial charge is 0.497 e. The number of guanidine groups is 1. The Hall–Kier alpha value is -1.71. The second kappa shape index (κ2) is 9.23. The van der Waals surface area contributed by atoms with E-state index in [0.29, 0.717) is 5.92 Å². The minimum atomic E-state index is 0.706. The highest BCUT2D eigenvalue weighted by atomic mass is 16.5. The van der Waals surface area contributed by atoms with Crippen LogP contribution >= 0.6 is 0 Å². The normalized spacial score (nSPS) is 11.6. The molecule has 4 heteroatoms. The molecule has 0 saturated heterocycles. The van der Waals surface area contributed by atoms with E-state index in [-0.39, 0.29) is 0 Å². The number of nitrogens with zero attached hydrogens (tertiary/aromatic N) is 1. The minimum absolute atomic E-state index is 0.706. The molecule has 0 bridgehead atoms. The highest BCUT2D eigenvalue weighted by Gasteiger charge is 2.00. The predicted octanol–water partition coefficient (Wildman–Crippen LogP) is 2.45. The third kappa shape index (κ3) is 6.45. The standard InChI is InChI=1S/C16H27N3O/c1-13(2)8-10-18-16(17-3)19-11-9-14-6-5-7-15(12-14)20-4/h5-7,12-13H,8-11H2,1-4H3,(H2,17,18,19). The van der Waals surface area contributed by atoms with Gasteiger partial charge in [-0.2, -0.15) is 0 Å². The van der Waals surface area contributed by atoms with Crippen molar-refractivity contribution in [3.05, 3.63) is 29.8 Å².